The van der Waals surface area contributed by atoms with Crippen LogP contribution in [0.3, 0.4) is 0 Å². The minimum absolute atomic E-state index is 0.141. The minimum atomic E-state index is 0.141. The van der Waals surface area contributed by atoms with Gasteiger partial charge >= 0.3 is 0 Å². The van der Waals surface area contributed by atoms with E-state index in [0.29, 0.717) is 5.92 Å². The van der Waals surface area contributed by atoms with Crippen LogP contribution in [0.1, 0.15) is 47.2 Å². The van der Waals surface area contributed by atoms with E-state index in [1.165, 1.54) is 37.1 Å². The molecule has 1 aromatic carbocycles. The van der Waals surface area contributed by atoms with Crippen molar-refractivity contribution < 1.29 is 4.79 Å². The molecule has 2 aliphatic rings. The molecule has 4 heteroatoms. The maximum Gasteiger partial charge on any atom is 0.253 e. The SMILES string of the molecule is O=C(c1ccncc1)N1CCC(Cc2ccc(CN3CCCC3)cc2)CC1. The number of piperidine rings is 1. The first-order valence-corrected chi connectivity index (χ1v) is 10.3. The Hall–Kier alpha value is -2.20. The molecule has 2 aliphatic heterocycles. The molecule has 1 aromatic heterocycles. The van der Waals surface area contributed by atoms with Crippen LogP contribution in [0, 0.1) is 5.92 Å². The molecule has 0 unspecified atom stereocenters. The highest BCUT2D eigenvalue weighted by atomic mass is 16.2. The fraction of sp³-hybridized carbons (Fsp3) is 0.478. The van der Waals surface area contributed by atoms with Gasteiger partial charge in [-0.25, -0.2) is 0 Å². The summed E-state index contributed by atoms with van der Waals surface area (Å²) in [6.07, 6.45) is 9.38. The van der Waals surface area contributed by atoms with E-state index in [9.17, 15) is 4.79 Å². The highest BCUT2D eigenvalue weighted by Gasteiger charge is 2.23. The monoisotopic (exact) mass is 363 g/mol. The highest BCUT2D eigenvalue weighted by Crippen LogP contribution is 2.23. The van der Waals surface area contributed by atoms with Crippen LogP contribution in [0.25, 0.3) is 0 Å². The van der Waals surface area contributed by atoms with E-state index in [2.05, 4.69) is 34.1 Å². The summed E-state index contributed by atoms with van der Waals surface area (Å²) >= 11 is 0. The number of benzene rings is 1. The Labute approximate surface area is 162 Å². The molecule has 0 N–H and O–H groups in total. The van der Waals surface area contributed by atoms with Crippen molar-refractivity contribution in [1.82, 2.24) is 14.8 Å². The van der Waals surface area contributed by atoms with Crippen LogP contribution < -0.4 is 0 Å². The normalized spacial score (nSPS) is 18.7. The number of hydrogen-bond donors (Lipinski definition) is 0. The van der Waals surface area contributed by atoms with Crippen molar-refractivity contribution in [2.75, 3.05) is 26.2 Å². The van der Waals surface area contributed by atoms with E-state index in [0.717, 1.165) is 44.5 Å². The fourth-order valence-corrected chi connectivity index (χ4v) is 4.33. The van der Waals surface area contributed by atoms with Crippen molar-refractivity contribution in [2.24, 2.45) is 5.92 Å². The number of carbonyl (C=O) groups is 1. The van der Waals surface area contributed by atoms with Crippen LogP contribution in [0.5, 0.6) is 0 Å². The Bertz CT molecular complexity index is 730. The topological polar surface area (TPSA) is 36.4 Å². The molecule has 2 fully saturated rings. The van der Waals surface area contributed by atoms with Gasteiger partial charge in [0.05, 0.1) is 0 Å². The molecule has 1 amide bonds. The molecule has 142 valence electrons. The fourth-order valence-electron chi connectivity index (χ4n) is 4.33. The molecule has 0 spiro atoms. The second-order valence-electron chi connectivity index (χ2n) is 7.98. The highest BCUT2D eigenvalue weighted by molar-refractivity contribution is 5.94. The molecule has 2 saturated heterocycles. The second-order valence-corrected chi connectivity index (χ2v) is 7.98. The van der Waals surface area contributed by atoms with Crippen LogP contribution in [0.4, 0.5) is 0 Å². The summed E-state index contributed by atoms with van der Waals surface area (Å²) in [6, 6.07) is 12.8. The van der Waals surface area contributed by atoms with Gasteiger partial charge in [0, 0.05) is 37.6 Å². The predicted octanol–water partition coefficient (Wildman–Crippen LogP) is 3.77. The average molecular weight is 364 g/mol. The number of nitrogens with zero attached hydrogens (tertiary/aromatic N) is 3. The third kappa shape index (κ3) is 4.75. The number of carbonyl (C=O) groups excluding carboxylic acids is 1. The van der Waals surface area contributed by atoms with E-state index < -0.39 is 0 Å². The molecule has 0 bridgehead atoms. The number of aromatic nitrogens is 1. The molecule has 0 atom stereocenters. The van der Waals surface area contributed by atoms with Crippen LogP contribution in [0.2, 0.25) is 0 Å². The summed E-state index contributed by atoms with van der Waals surface area (Å²) in [5, 5.41) is 0. The Morgan fingerprint density at radius 3 is 2.19 bits per heavy atom. The van der Waals surface area contributed by atoms with Crippen molar-refractivity contribution in [2.45, 2.75) is 38.6 Å². The van der Waals surface area contributed by atoms with Crippen LogP contribution in [0.15, 0.2) is 48.8 Å². The standard InChI is InChI=1S/C23H29N3O/c27-23(22-7-11-24-12-8-22)26-15-9-20(10-16-26)17-19-3-5-21(6-4-19)18-25-13-1-2-14-25/h3-8,11-12,20H,1-2,9-10,13-18H2. The molecule has 0 radical (unpaired) electrons. The lowest BCUT2D eigenvalue weighted by Gasteiger charge is -2.32. The van der Waals surface area contributed by atoms with Gasteiger partial charge in [-0.3, -0.25) is 14.7 Å². The smallest absolute Gasteiger partial charge is 0.253 e. The predicted molar refractivity (Wildman–Crippen MR) is 108 cm³/mol. The molecule has 0 saturated carbocycles. The molecular weight excluding hydrogens is 334 g/mol. The lowest BCUT2D eigenvalue weighted by molar-refractivity contribution is 0.0690. The van der Waals surface area contributed by atoms with E-state index >= 15 is 0 Å². The van der Waals surface area contributed by atoms with Gasteiger partial charge < -0.3 is 4.90 Å². The zero-order valence-corrected chi connectivity index (χ0v) is 16.0. The zero-order valence-electron chi connectivity index (χ0n) is 16.0. The van der Waals surface area contributed by atoms with E-state index in [4.69, 9.17) is 0 Å². The van der Waals surface area contributed by atoms with Gasteiger partial charge in [0.15, 0.2) is 0 Å². The summed E-state index contributed by atoms with van der Waals surface area (Å²) in [6.45, 7) is 5.31. The van der Waals surface area contributed by atoms with Gasteiger partial charge in [-0.2, -0.15) is 0 Å². The number of hydrogen-bond acceptors (Lipinski definition) is 3. The summed E-state index contributed by atoms with van der Waals surface area (Å²) in [5.41, 5.74) is 3.61. The third-order valence-electron chi connectivity index (χ3n) is 5.98. The van der Waals surface area contributed by atoms with Crippen LogP contribution in [-0.4, -0.2) is 46.9 Å². The summed E-state index contributed by atoms with van der Waals surface area (Å²) in [5.74, 6) is 0.818. The van der Waals surface area contributed by atoms with Crippen molar-refractivity contribution in [3.8, 4) is 0 Å². The van der Waals surface area contributed by atoms with Gasteiger partial charge in [-0.15, -0.1) is 0 Å². The van der Waals surface area contributed by atoms with Crippen molar-refractivity contribution in [1.29, 1.82) is 0 Å². The van der Waals surface area contributed by atoms with Gasteiger partial charge in [0.1, 0.15) is 0 Å². The van der Waals surface area contributed by atoms with E-state index in [1.807, 2.05) is 4.90 Å². The number of likely N-dealkylation sites (tertiary alicyclic amines) is 2. The Morgan fingerprint density at radius 1 is 0.889 bits per heavy atom. The Morgan fingerprint density at radius 2 is 1.52 bits per heavy atom. The van der Waals surface area contributed by atoms with Gasteiger partial charge in [0.25, 0.3) is 5.91 Å². The largest absolute Gasteiger partial charge is 0.339 e. The van der Waals surface area contributed by atoms with Gasteiger partial charge in [-0.05, 0) is 74.4 Å². The van der Waals surface area contributed by atoms with E-state index in [1.54, 1.807) is 24.5 Å². The van der Waals surface area contributed by atoms with Gasteiger partial charge in [-0.1, -0.05) is 24.3 Å². The molecule has 27 heavy (non-hydrogen) atoms. The molecule has 2 aromatic rings. The minimum Gasteiger partial charge on any atom is -0.339 e. The molecule has 0 aliphatic carbocycles. The first-order valence-electron chi connectivity index (χ1n) is 10.3. The summed E-state index contributed by atoms with van der Waals surface area (Å²) in [7, 11) is 0. The average Bonchev–Trinajstić information content (AvgIpc) is 3.23. The van der Waals surface area contributed by atoms with Gasteiger partial charge in [0.2, 0.25) is 0 Å². The van der Waals surface area contributed by atoms with E-state index in [-0.39, 0.29) is 5.91 Å². The third-order valence-corrected chi connectivity index (χ3v) is 5.98. The van der Waals surface area contributed by atoms with Crippen molar-refractivity contribution in [3.63, 3.8) is 0 Å². The Balaban J connectivity index is 1.26. The summed E-state index contributed by atoms with van der Waals surface area (Å²) in [4.78, 5) is 21.1. The quantitative estimate of drug-likeness (QED) is 0.811. The van der Waals surface area contributed by atoms with Crippen LogP contribution >= 0.6 is 0 Å². The molecule has 3 heterocycles. The number of pyridine rings is 1. The number of rotatable bonds is 5. The van der Waals surface area contributed by atoms with Crippen molar-refractivity contribution >= 4 is 5.91 Å². The second kappa shape index (κ2) is 8.66. The molecule has 4 rings (SSSR count). The maximum absolute atomic E-state index is 12.5. The molecule has 4 nitrogen and oxygen atoms in total. The van der Waals surface area contributed by atoms with Crippen molar-refractivity contribution in [3.05, 3.63) is 65.5 Å². The lowest BCUT2D eigenvalue weighted by atomic mass is 9.89. The lowest BCUT2D eigenvalue weighted by Crippen LogP contribution is -2.38. The molecular formula is C23H29N3O. The summed E-state index contributed by atoms with van der Waals surface area (Å²) < 4.78 is 0. The Kier molecular flexibility index (Phi) is 5.83. The van der Waals surface area contributed by atoms with Crippen LogP contribution in [-0.2, 0) is 13.0 Å². The first kappa shape index (κ1) is 18.2. The maximum atomic E-state index is 12.5. The zero-order chi connectivity index (χ0) is 18.5. The first-order chi connectivity index (χ1) is 13.3. The number of amides is 1.